The number of nitrogens with zero attached hydrogens (tertiary/aromatic N) is 1. The van der Waals surface area contributed by atoms with E-state index in [1.165, 1.54) is 0 Å². The summed E-state index contributed by atoms with van der Waals surface area (Å²) in [4.78, 5) is 69.7. The van der Waals surface area contributed by atoms with Crippen LogP contribution >= 0.6 is 7.82 Å². The Bertz CT molecular complexity index is 1090. The molecule has 2 heterocycles. The van der Waals surface area contributed by atoms with Crippen molar-refractivity contribution in [2.75, 3.05) is 19.8 Å². The van der Waals surface area contributed by atoms with Gasteiger partial charge in [-0.2, -0.15) is 0 Å². The van der Waals surface area contributed by atoms with E-state index in [9.17, 15) is 23.7 Å². The average Bonchev–Trinajstić information content (AvgIpc) is 3.05. The molecule has 2 rings (SSSR count). The fraction of sp³-hybridized carbons (Fsp3) is 0.714. The summed E-state index contributed by atoms with van der Waals surface area (Å²) in [5.74, 6) is -1.98. The monoisotopic (exact) mass is 520 g/mol. The van der Waals surface area contributed by atoms with Gasteiger partial charge >= 0.3 is 25.5 Å². The smallest absolute Gasteiger partial charge is 0.465 e. The Hall–Kier alpha value is -2.31. The van der Waals surface area contributed by atoms with Gasteiger partial charge < -0.3 is 24.0 Å². The Morgan fingerprint density at radius 1 is 1.11 bits per heavy atom. The van der Waals surface area contributed by atoms with Gasteiger partial charge in [0.05, 0.1) is 30.1 Å². The number of aromatic amines is 1. The van der Waals surface area contributed by atoms with E-state index >= 15 is 0 Å². The molecular weight excluding hydrogens is 487 g/mol. The molecule has 0 radical (unpaired) electrons. The fourth-order valence-electron chi connectivity index (χ4n) is 3.38. The van der Waals surface area contributed by atoms with Gasteiger partial charge in [0.2, 0.25) is 0 Å². The quantitative estimate of drug-likeness (QED) is 0.327. The Morgan fingerprint density at radius 2 is 1.69 bits per heavy atom. The normalized spacial score (nSPS) is 23.2. The number of hydrogen-bond acceptors (Lipinski definition) is 9. The van der Waals surface area contributed by atoms with Crippen molar-refractivity contribution in [3.63, 3.8) is 0 Å². The Labute approximate surface area is 202 Å². The van der Waals surface area contributed by atoms with Crippen LogP contribution in [0.25, 0.3) is 0 Å². The number of carbonyl (C=O) groups excluding carboxylic acids is 2. The maximum absolute atomic E-state index is 12.8. The van der Waals surface area contributed by atoms with E-state index in [1.807, 2.05) is 0 Å². The second kappa shape index (κ2) is 10.4. The topological polar surface area (TPSA) is 183 Å². The molecule has 0 aromatic carbocycles. The molecule has 1 aliphatic heterocycles. The molecule has 1 aromatic heterocycles. The van der Waals surface area contributed by atoms with Gasteiger partial charge in [-0.15, -0.1) is 0 Å². The number of H-pyrrole nitrogens is 1. The van der Waals surface area contributed by atoms with E-state index in [-0.39, 0.29) is 13.0 Å². The molecule has 0 bridgehead atoms. The van der Waals surface area contributed by atoms with Crippen LogP contribution in [-0.4, -0.2) is 57.2 Å². The van der Waals surface area contributed by atoms with Gasteiger partial charge in [-0.05, 0) is 48.0 Å². The molecule has 1 aliphatic rings. The molecule has 0 aliphatic carbocycles. The molecule has 3 N–H and O–H groups in total. The summed E-state index contributed by atoms with van der Waals surface area (Å²) in [6, 6.07) is 1.07. The predicted octanol–water partition coefficient (Wildman–Crippen LogP) is 0.882. The molecule has 0 saturated carbocycles. The second-order valence-electron chi connectivity index (χ2n) is 10.5. The van der Waals surface area contributed by atoms with Crippen molar-refractivity contribution >= 4 is 19.8 Å². The molecule has 0 spiro atoms. The molecule has 3 atom stereocenters. The molecule has 13 nitrogen and oxygen atoms in total. The van der Waals surface area contributed by atoms with Crippen molar-refractivity contribution in [2.24, 2.45) is 16.7 Å². The van der Waals surface area contributed by atoms with E-state index in [1.54, 1.807) is 41.5 Å². The van der Waals surface area contributed by atoms with Gasteiger partial charge in [0.25, 0.3) is 5.56 Å². The van der Waals surface area contributed by atoms with Crippen LogP contribution in [0.15, 0.2) is 21.9 Å². The van der Waals surface area contributed by atoms with Crippen LogP contribution in [0.3, 0.4) is 0 Å². The summed E-state index contributed by atoms with van der Waals surface area (Å²) >= 11 is 0. The van der Waals surface area contributed by atoms with Gasteiger partial charge in [-0.1, -0.05) is 0 Å². The van der Waals surface area contributed by atoms with Crippen molar-refractivity contribution in [3.05, 3.63) is 33.1 Å². The zero-order chi connectivity index (χ0) is 26.8. The van der Waals surface area contributed by atoms with Gasteiger partial charge in [0, 0.05) is 18.2 Å². The van der Waals surface area contributed by atoms with Gasteiger partial charge in [0.1, 0.15) is 6.61 Å². The highest BCUT2D eigenvalue weighted by Gasteiger charge is 2.53. The fourth-order valence-corrected chi connectivity index (χ4v) is 3.74. The summed E-state index contributed by atoms with van der Waals surface area (Å²) < 4.78 is 33.8. The van der Waals surface area contributed by atoms with Crippen molar-refractivity contribution in [2.45, 2.75) is 59.8 Å². The molecule has 1 aromatic rings. The summed E-state index contributed by atoms with van der Waals surface area (Å²) in [7, 11) is -4.84. The summed E-state index contributed by atoms with van der Waals surface area (Å²) in [5, 5.41) is 0. The highest BCUT2D eigenvalue weighted by atomic mass is 31.2. The first-order valence-electron chi connectivity index (χ1n) is 10.9. The number of rotatable bonds is 8. The van der Waals surface area contributed by atoms with Crippen LogP contribution in [0.1, 0.15) is 48.0 Å². The standard InChI is InChI=1S/C21H33N2O11P/c1-19(2,3)16(25)31-10-13-9-14(11-33-35(28,29)30)34-21(13,12-32-17(26)20(4,5)6)23-8-7-15(24)22-18(23)27/h7-8,13-14H,9-12H2,1-6H3,(H,22,24,27)(H2,28,29,30). The molecule has 0 amide bonds. The van der Waals surface area contributed by atoms with Crippen molar-refractivity contribution in [3.8, 4) is 0 Å². The van der Waals surface area contributed by atoms with Gasteiger partial charge in [-0.25, -0.2) is 9.36 Å². The lowest BCUT2D eigenvalue weighted by molar-refractivity contribution is -0.193. The third-order valence-electron chi connectivity index (χ3n) is 5.27. The van der Waals surface area contributed by atoms with Crippen LogP contribution in [0.4, 0.5) is 0 Å². The summed E-state index contributed by atoms with van der Waals surface area (Å²) in [6.45, 7) is 8.50. The van der Waals surface area contributed by atoms with E-state index < -0.39 is 72.8 Å². The van der Waals surface area contributed by atoms with Crippen LogP contribution in [0.2, 0.25) is 0 Å². The number of esters is 2. The summed E-state index contributed by atoms with van der Waals surface area (Å²) in [5.41, 5.74) is -5.06. The zero-order valence-electron chi connectivity index (χ0n) is 20.6. The maximum atomic E-state index is 12.8. The van der Waals surface area contributed by atoms with Crippen molar-refractivity contribution < 1.29 is 42.7 Å². The van der Waals surface area contributed by atoms with Gasteiger partial charge in [0.15, 0.2) is 5.72 Å². The predicted molar refractivity (Wildman–Crippen MR) is 121 cm³/mol. The second-order valence-corrected chi connectivity index (χ2v) is 11.7. The number of hydrogen-bond donors (Lipinski definition) is 3. The molecule has 1 saturated heterocycles. The Morgan fingerprint density at radius 3 is 2.20 bits per heavy atom. The number of nitrogens with one attached hydrogen (secondary N) is 1. The number of ether oxygens (including phenoxy) is 3. The molecule has 1 fully saturated rings. The van der Waals surface area contributed by atoms with E-state index in [0.29, 0.717) is 0 Å². The minimum Gasteiger partial charge on any atom is -0.465 e. The van der Waals surface area contributed by atoms with Crippen LogP contribution in [-0.2, 0) is 38.6 Å². The van der Waals surface area contributed by atoms with Crippen molar-refractivity contribution in [1.29, 1.82) is 0 Å². The molecule has 14 heteroatoms. The lowest BCUT2D eigenvalue weighted by Gasteiger charge is -2.36. The molecule has 198 valence electrons. The first kappa shape index (κ1) is 28.9. The van der Waals surface area contributed by atoms with Crippen LogP contribution in [0, 0.1) is 16.7 Å². The molecule has 35 heavy (non-hydrogen) atoms. The highest BCUT2D eigenvalue weighted by Crippen LogP contribution is 2.43. The number of phosphoric ester groups is 1. The third kappa shape index (κ3) is 7.58. The van der Waals surface area contributed by atoms with E-state index in [4.69, 9.17) is 24.0 Å². The van der Waals surface area contributed by atoms with Crippen LogP contribution < -0.4 is 11.2 Å². The SMILES string of the molecule is CC(C)(C)C(=O)OCC1CC(COP(=O)(O)O)OC1(COC(=O)C(C)(C)C)n1ccc(=O)[nH]c1=O. The highest BCUT2D eigenvalue weighted by molar-refractivity contribution is 7.46. The van der Waals surface area contributed by atoms with Crippen molar-refractivity contribution in [1.82, 2.24) is 9.55 Å². The maximum Gasteiger partial charge on any atom is 0.469 e. The average molecular weight is 520 g/mol. The third-order valence-corrected chi connectivity index (χ3v) is 5.75. The Balaban J connectivity index is 2.52. The first-order chi connectivity index (χ1) is 15.8. The minimum absolute atomic E-state index is 0.0239. The summed E-state index contributed by atoms with van der Waals surface area (Å²) in [6.07, 6.45) is 0.195. The minimum atomic E-state index is -4.84. The lowest BCUT2D eigenvalue weighted by Crippen LogP contribution is -2.52. The number of phosphoric acid groups is 1. The first-order valence-corrected chi connectivity index (χ1v) is 12.4. The lowest BCUT2D eigenvalue weighted by atomic mass is 9.93. The van der Waals surface area contributed by atoms with Gasteiger partial charge in [-0.3, -0.25) is 28.5 Å². The largest absolute Gasteiger partial charge is 0.469 e. The zero-order valence-corrected chi connectivity index (χ0v) is 21.5. The Kier molecular flexibility index (Phi) is 8.56. The molecular formula is C21H33N2O11P. The van der Waals surface area contributed by atoms with Crippen LogP contribution in [0.5, 0.6) is 0 Å². The van der Waals surface area contributed by atoms with E-state index in [2.05, 4.69) is 9.51 Å². The number of carbonyl (C=O) groups is 2. The number of aromatic nitrogens is 2. The molecule has 3 unspecified atom stereocenters. The van der Waals surface area contributed by atoms with E-state index in [0.717, 1.165) is 16.8 Å².